The summed E-state index contributed by atoms with van der Waals surface area (Å²) >= 11 is 0. The molecule has 0 radical (unpaired) electrons. The number of hydrogen-bond acceptors (Lipinski definition) is 1. The van der Waals surface area contributed by atoms with Crippen LogP contribution in [0.1, 0.15) is 25.0 Å². The van der Waals surface area contributed by atoms with Gasteiger partial charge in [-0.3, -0.25) is 0 Å². The van der Waals surface area contributed by atoms with Crippen molar-refractivity contribution >= 4 is 27.8 Å². The van der Waals surface area contributed by atoms with Gasteiger partial charge >= 0.3 is 0 Å². The van der Waals surface area contributed by atoms with Crippen molar-refractivity contribution in [3.8, 4) is 44.5 Å². The van der Waals surface area contributed by atoms with Crippen LogP contribution < -0.4 is 4.90 Å². The fourth-order valence-electron chi connectivity index (χ4n) is 7.96. The molecule has 0 amide bonds. The summed E-state index contributed by atoms with van der Waals surface area (Å²) in [6.07, 6.45) is 0. The third-order valence-corrected chi connectivity index (χ3v) is 10.4. The molecule has 1 heteroatoms. The van der Waals surface area contributed by atoms with Crippen molar-refractivity contribution in [1.82, 2.24) is 0 Å². The minimum atomic E-state index is -0.139. The van der Waals surface area contributed by atoms with Crippen LogP contribution in [-0.4, -0.2) is 0 Å². The molecule has 0 fully saturated rings. The zero-order chi connectivity index (χ0) is 33.7. The zero-order valence-electron chi connectivity index (χ0n) is 28.3. The molecule has 0 spiro atoms. The van der Waals surface area contributed by atoms with Gasteiger partial charge in [-0.2, -0.15) is 0 Å². The Kier molecular flexibility index (Phi) is 7.21. The first-order valence-corrected chi connectivity index (χ1v) is 17.4. The molecular weight excluding hydrogens is 603 g/mol. The first-order chi connectivity index (χ1) is 24.6. The molecule has 0 atom stereocenters. The summed E-state index contributed by atoms with van der Waals surface area (Å²) in [7, 11) is 0. The van der Waals surface area contributed by atoms with Gasteiger partial charge in [-0.1, -0.05) is 172 Å². The van der Waals surface area contributed by atoms with Crippen LogP contribution in [0.25, 0.3) is 55.3 Å². The van der Waals surface area contributed by atoms with Crippen LogP contribution >= 0.6 is 0 Å². The summed E-state index contributed by atoms with van der Waals surface area (Å²) in [6, 6.07) is 68.5. The molecule has 0 aliphatic heterocycles. The molecule has 238 valence electrons. The number of nitrogens with zero attached hydrogens (tertiary/aromatic N) is 1. The smallest absolute Gasteiger partial charge is 0.0549 e. The Balaban J connectivity index is 1.21. The van der Waals surface area contributed by atoms with Gasteiger partial charge in [0.25, 0.3) is 0 Å². The minimum absolute atomic E-state index is 0.139. The predicted molar refractivity (Wildman–Crippen MR) is 213 cm³/mol. The first-order valence-electron chi connectivity index (χ1n) is 17.4. The molecule has 9 rings (SSSR count). The van der Waals surface area contributed by atoms with Crippen molar-refractivity contribution in [2.75, 3.05) is 4.90 Å². The van der Waals surface area contributed by atoms with E-state index in [1.54, 1.807) is 0 Å². The lowest BCUT2D eigenvalue weighted by Gasteiger charge is -2.30. The van der Waals surface area contributed by atoms with Crippen LogP contribution in [0.2, 0.25) is 0 Å². The summed E-state index contributed by atoms with van der Waals surface area (Å²) in [5.74, 6) is 0. The molecule has 0 saturated heterocycles. The number of rotatable bonds is 6. The van der Waals surface area contributed by atoms with Gasteiger partial charge in [0.05, 0.1) is 5.69 Å². The highest BCUT2D eigenvalue weighted by molar-refractivity contribution is 6.06. The molecule has 0 N–H and O–H groups in total. The van der Waals surface area contributed by atoms with Gasteiger partial charge in [0.2, 0.25) is 0 Å². The van der Waals surface area contributed by atoms with Gasteiger partial charge in [0.15, 0.2) is 0 Å². The van der Waals surface area contributed by atoms with Crippen LogP contribution in [0.4, 0.5) is 17.1 Å². The van der Waals surface area contributed by atoms with Crippen LogP contribution in [-0.2, 0) is 5.41 Å². The number of hydrogen-bond donors (Lipinski definition) is 0. The molecule has 1 aliphatic carbocycles. The highest BCUT2D eigenvalue weighted by atomic mass is 15.1. The lowest BCUT2D eigenvalue weighted by Crippen LogP contribution is -2.16. The van der Waals surface area contributed by atoms with Gasteiger partial charge in [-0.15, -0.1) is 0 Å². The molecule has 8 aromatic rings. The topological polar surface area (TPSA) is 3.24 Å². The summed E-state index contributed by atoms with van der Waals surface area (Å²) in [5, 5.41) is 2.57. The van der Waals surface area contributed by atoms with Gasteiger partial charge in [0.1, 0.15) is 0 Å². The van der Waals surface area contributed by atoms with Gasteiger partial charge in [-0.05, 0) is 91.2 Å². The Labute approximate surface area is 294 Å². The Morgan fingerprint density at radius 1 is 0.400 bits per heavy atom. The molecule has 50 heavy (non-hydrogen) atoms. The van der Waals surface area contributed by atoms with Gasteiger partial charge in [0, 0.05) is 22.4 Å². The normalized spacial score (nSPS) is 12.8. The third kappa shape index (κ3) is 5.02. The summed E-state index contributed by atoms with van der Waals surface area (Å²) in [4.78, 5) is 2.46. The second-order valence-corrected chi connectivity index (χ2v) is 13.8. The maximum atomic E-state index is 2.46. The summed E-state index contributed by atoms with van der Waals surface area (Å²) in [6.45, 7) is 4.76. The van der Waals surface area contributed by atoms with Crippen molar-refractivity contribution in [2.24, 2.45) is 0 Å². The summed E-state index contributed by atoms with van der Waals surface area (Å²) in [5.41, 5.74) is 16.0. The van der Waals surface area contributed by atoms with E-state index >= 15 is 0 Å². The molecule has 0 saturated carbocycles. The van der Waals surface area contributed by atoms with E-state index in [0.717, 1.165) is 11.4 Å². The monoisotopic (exact) mass is 639 g/mol. The Bertz CT molecular complexity index is 2460. The lowest BCUT2D eigenvalue weighted by molar-refractivity contribution is 0.666. The second-order valence-electron chi connectivity index (χ2n) is 13.8. The van der Waals surface area contributed by atoms with Crippen molar-refractivity contribution in [1.29, 1.82) is 0 Å². The molecular formula is C49H37N. The largest absolute Gasteiger partial charge is 0.310 e. The van der Waals surface area contributed by atoms with E-state index in [4.69, 9.17) is 0 Å². The molecule has 0 aromatic heterocycles. The molecule has 8 aromatic carbocycles. The van der Waals surface area contributed by atoms with E-state index < -0.39 is 0 Å². The van der Waals surface area contributed by atoms with Crippen molar-refractivity contribution in [2.45, 2.75) is 19.3 Å². The third-order valence-electron chi connectivity index (χ3n) is 10.4. The standard InChI is InChI=1S/C49H37N/c1-49(2)45-20-12-11-19-44(45)47-46(33-40-17-9-10-18-43(40)48(47)49)50(41-29-25-38(26-30-41)35-15-7-4-8-16-35)42-31-27-39(28-32-42)37-23-21-36(22-24-37)34-13-5-3-6-14-34/h3-33H,1-2H3. The quantitative estimate of drug-likeness (QED) is 0.175. The maximum absolute atomic E-state index is 2.46. The van der Waals surface area contributed by atoms with Crippen LogP contribution in [0.15, 0.2) is 188 Å². The van der Waals surface area contributed by atoms with E-state index in [2.05, 4.69) is 207 Å². The molecule has 1 aliphatic rings. The molecule has 0 heterocycles. The Morgan fingerprint density at radius 2 is 0.820 bits per heavy atom. The summed E-state index contributed by atoms with van der Waals surface area (Å²) < 4.78 is 0. The fourth-order valence-corrected chi connectivity index (χ4v) is 7.96. The Morgan fingerprint density at radius 3 is 1.36 bits per heavy atom. The van der Waals surface area contributed by atoms with E-state index in [1.165, 1.54) is 72.1 Å². The Hall–Kier alpha value is -6.18. The molecule has 1 nitrogen and oxygen atoms in total. The van der Waals surface area contributed by atoms with Crippen molar-refractivity contribution in [3.63, 3.8) is 0 Å². The average molecular weight is 640 g/mol. The SMILES string of the molecule is CC1(C)c2ccccc2-c2c(N(c3ccc(-c4ccccc4)cc3)c3ccc(-c4ccc(-c5ccccc5)cc4)cc3)cc3ccccc3c21. The van der Waals surface area contributed by atoms with Crippen LogP contribution in [0, 0.1) is 0 Å². The highest BCUT2D eigenvalue weighted by Gasteiger charge is 2.39. The average Bonchev–Trinajstić information content (AvgIpc) is 3.43. The van der Waals surface area contributed by atoms with Crippen molar-refractivity contribution < 1.29 is 0 Å². The van der Waals surface area contributed by atoms with Crippen molar-refractivity contribution in [3.05, 3.63) is 199 Å². The fraction of sp³-hybridized carbons (Fsp3) is 0.0612. The molecule has 0 bridgehead atoms. The van der Waals surface area contributed by atoms with E-state index in [9.17, 15) is 0 Å². The number of anilines is 3. The van der Waals surface area contributed by atoms with Crippen LogP contribution in [0.5, 0.6) is 0 Å². The van der Waals surface area contributed by atoms with E-state index in [0.29, 0.717) is 0 Å². The second kappa shape index (κ2) is 12.1. The highest BCUT2D eigenvalue weighted by Crippen LogP contribution is 2.56. The minimum Gasteiger partial charge on any atom is -0.310 e. The van der Waals surface area contributed by atoms with Gasteiger partial charge < -0.3 is 4.90 Å². The lowest BCUT2D eigenvalue weighted by atomic mass is 9.80. The predicted octanol–water partition coefficient (Wildman–Crippen LogP) is 13.6. The number of fused-ring (bicyclic) bond motifs is 5. The van der Waals surface area contributed by atoms with Gasteiger partial charge in [-0.25, -0.2) is 0 Å². The van der Waals surface area contributed by atoms with Crippen LogP contribution in [0.3, 0.4) is 0 Å². The molecule has 0 unspecified atom stereocenters. The number of benzene rings is 8. The first kappa shape index (κ1) is 29.9. The van der Waals surface area contributed by atoms with E-state index in [-0.39, 0.29) is 5.41 Å². The van der Waals surface area contributed by atoms with E-state index in [1.807, 2.05) is 0 Å². The zero-order valence-corrected chi connectivity index (χ0v) is 28.3. The maximum Gasteiger partial charge on any atom is 0.0549 e.